The van der Waals surface area contributed by atoms with Gasteiger partial charge in [0.25, 0.3) is 9.70 Å². The molecule has 22 heavy (non-hydrogen) atoms. The van der Waals surface area contributed by atoms with Crippen LogP contribution in [0.15, 0.2) is 23.3 Å². The van der Waals surface area contributed by atoms with Crippen LogP contribution in [0.5, 0.6) is 0 Å². The van der Waals surface area contributed by atoms with Gasteiger partial charge < -0.3 is 5.32 Å². The maximum absolute atomic E-state index is 12.1. The molecule has 0 saturated carbocycles. The molecule has 1 N–H and O–H groups in total. The highest BCUT2D eigenvalue weighted by Crippen LogP contribution is 2.36. The Balaban J connectivity index is 2.88. The number of carbonyl (C=O) groups is 1. The second-order valence-electron chi connectivity index (χ2n) is 6.71. The van der Waals surface area contributed by atoms with E-state index in [9.17, 15) is 4.79 Å². The van der Waals surface area contributed by atoms with E-state index in [1.807, 2.05) is 0 Å². The van der Waals surface area contributed by atoms with Crippen molar-refractivity contribution >= 4 is 40.7 Å². The van der Waals surface area contributed by atoms with E-state index in [1.54, 1.807) is 0 Å². The first-order valence-corrected chi connectivity index (χ1v) is 8.86. The third kappa shape index (κ3) is 6.14. The lowest BCUT2D eigenvalue weighted by molar-refractivity contribution is -0.122. The monoisotopic (exact) mass is 365 g/mol. The van der Waals surface area contributed by atoms with Gasteiger partial charge >= 0.3 is 0 Å². The minimum atomic E-state index is -1.92. The van der Waals surface area contributed by atoms with Gasteiger partial charge in [0, 0.05) is 5.54 Å². The molecule has 0 aromatic carbocycles. The van der Waals surface area contributed by atoms with Gasteiger partial charge in [-0.3, -0.25) is 4.79 Å². The Labute approximate surface area is 149 Å². The third-order valence-corrected chi connectivity index (χ3v) is 4.93. The fourth-order valence-electron chi connectivity index (χ4n) is 2.90. The molecule has 1 unspecified atom stereocenters. The molecule has 0 bridgehead atoms. The number of nitrogens with one attached hydrogen (secondary N) is 1. The second-order valence-corrected chi connectivity index (χ2v) is 8.99. The van der Waals surface area contributed by atoms with E-state index in [1.165, 1.54) is 11.1 Å². The summed E-state index contributed by atoms with van der Waals surface area (Å²) < 4.78 is -1.92. The summed E-state index contributed by atoms with van der Waals surface area (Å²) in [5.74, 6) is -0.179. The van der Waals surface area contributed by atoms with Crippen LogP contribution in [0, 0.1) is 5.92 Å². The molecule has 2 atom stereocenters. The van der Waals surface area contributed by atoms with E-state index in [0.29, 0.717) is 5.92 Å². The maximum atomic E-state index is 12.1. The van der Waals surface area contributed by atoms with Gasteiger partial charge in [0.1, 0.15) is 0 Å². The van der Waals surface area contributed by atoms with Crippen molar-refractivity contribution in [3.8, 4) is 0 Å². The van der Waals surface area contributed by atoms with Crippen molar-refractivity contribution in [3.63, 3.8) is 0 Å². The molecule has 5 heteroatoms. The first kappa shape index (κ1) is 19.9. The summed E-state index contributed by atoms with van der Waals surface area (Å²) in [7, 11) is 0. The van der Waals surface area contributed by atoms with Crippen LogP contribution in [0.3, 0.4) is 0 Å². The Kier molecular flexibility index (Phi) is 7.29. The standard InChI is InChI=1S/C17H26Cl3NO/c1-12(2)6-5-11-16(4,21-15(22)17(18,19)20)14-9-7-13(3)8-10-14/h6-7,14H,5,8-11H2,1-4H3,(H,21,22)/t14-,16?/m0/s1. The lowest BCUT2D eigenvalue weighted by atomic mass is 9.74. The van der Waals surface area contributed by atoms with Crippen LogP contribution in [0.4, 0.5) is 0 Å². The molecule has 0 fully saturated rings. The molecule has 0 saturated heterocycles. The Bertz CT molecular complexity index is 461. The molecule has 0 heterocycles. The quantitative estimate of drug-likeness (QED) is 0.489. The highest BCUT2D eigenvalue weighted by molar-refractivity contribution is 6.76. The molecule has 126 valence electrons. The minimum Gasteiger partial charge on any atom is -0.347 e. The lowest BCUT2D eigenvalue weighted by Crippen LogP contribution is -2.54. The van der Waals surface area contributed by atoms with Crippen LogP contribution in [0.1, 0.15) is 59.8 Å². The Hall–Kier alpha value is -0.180. The van der Waals surface area contributed by atoms with Crippen molar-refractivity contribution in [2.45, 2.75) is 69.1 Å². The summed E-state index contributed by atoms with van der Waals surface area (Å²) in [4.78, 5) is 12.1. The number of allylic oxidation sites excluding steroid dienone is 4. The largest absolute Gasteiger partial charge is 0.347 e. The van der Waals surface area contributed by atoms with E-state index in [2.05, 4.69) is 45.2 Å². The molecule has 0 aromatic rings. The van der Waals surface area contributed by atoms with Crippen LogP contribution < -0.4 is 5.32 Å². The molecular weight excluding hydrogens is 341 g/mol. The van der Waals surface area contributed by atoms with E-state index >= 15 is 0 Å². The summed E-state index contributed by atoms with van der Waals surface area (Å²) in [5.41, 5.74) is 2.31. The van der Waals surface area contributed by atoms with E-state index in [-0.39, 0.29) is 5.54 Å². The molecule has 2 nitrogen and oxygen atoms in total. The van der Waals surface area contributed by atoms with E-state index in [0.717, 1.165) is 32.1 Å². The predicted molar refractivity (Wildman–Crippen MR) is 96.6 cm³/mol. The number of hydrogen-bond acceptors (Lipinski definition) is 1. The topological polar surface area (TPSA) is 29.1 Å². The summed E-state index contributed by atoms with van der Waals surface area (Å²) in [6, 6.07) is 0. The van der Waals surface area contributed by atoms with Gasteiger partial charge in [0.2, 0.25) is 0 Å². The summed E-state index contributed by atoms with van der Waals surface area (Å²) >= 11 is 17.2. The number of amides is 1. The zero-order valence-corrected chi connectivity index (χ0v) is 16.1. The molecule has 1 amide bonds. The molecule has 1 aliphatic carbocycles. The van der Waals surface area contributed by atoms with Crippen LogP contribution >= 0.6 is 34.8 Å². The summed E-state index contributed by atoms with van der Waals surface area (Å²) in [6.07, 6.45) is 9.25. The van der Waals surface area contributed by atoms with Gasteiger partial charge in [0.05, 0.1) is 0 Å². The van der Waals surface area contributed by atoms with Crippen molar-refractivity contribution in [2.24, 2.45) is 5.92 Å². The third-order valence-electron chi connectivity index (χ3n) is 4.41. The van der Waals surface area contributed by atoms with Crippen LogP contribution in [-0.2, 0) is 4.79 Å². The van der Waals surface area contributed by atoms with E-state index in [4.69, 9.17) is 34.8 Å². The fraction of sp³-hybridized carbons (Fsp3) is 0.706. The van der Waals surface area contributed by atoms with Gasteiger partial charge in [-0.15, -0.1) is 0 Å². The summed E-state index contributed by atoms with van der Waals surface area (Å²) in [6.45, 7) is 8.36. The number of hydrogen-bond donors (Lipinski definition) is 1. The smallest absolute Gasteiger partial charge is 0.272 e. The van der Waals surface area contributed by atoms with Crippen molar-refractivity contribution < 1.29 is 4.79 Å². The van der Waals surface area contributed by atoms with Gasteiger partial charge in [-0.1, -0.05) is 58.1 Å². The van der Waals surface area contributed by atoms with Crippen molar-refractivity contribution in [1.82, 2.24) is 5.32 Å². The lowest BCUT2D eigenvalue weighted by Gasteiger charge is -2.41. The van der Waals surface area contributed by atoms with Crippen molar-refractivity contribution in [1.29, 1.82) is 0 Å². The molecule has 0 spiro atoms. The summed E-state index contributed by atoms with van der Waals surface area (Å²) in [5, 5.41) is 3.00. The Morgan fingerprint density at radius 2 is 2.05 bits per heavy atom. The average Bonchev–Trinajstić information content (AvgIpc) is 2.37. The number of halogens is 3. The highest BCUT2D eigenvalue weighted by atomic mass is 35.6. The maximum Gasteiger partial charge on any atom is 0.272 e. The predicted octanol–water partition coefficient (Wildman–Crippen LogP) is 5.72. The zero-order chi connectivity index (χ0) is 17.0. The Morgan fingerprint density at radius 1 is 1.41 bits per heavy atom. The molecule has 0 aliphatic heterocycles. The number of alkyl halides is 3. The average molecular weight is 367 g/mol. The van der Waals surface area contributed by atoms with Crippen LogP contribution in [-0.4, -0.2) is 15.2 Å². The van der Waals surface area contributed by atoms with Crippen LogP contribution in [0.25, 0.3) is 0 Å². The fourth-order valence-corrected chi connectivity index (χ4v) is 3.05. The van der Waals surface area contributed by atoms with Crippen molar-refractivity contribution in [2.75, 3.05) is 0 Å². The molecular formula is C17H26Cl3NO. The SMILES string of the molecule is CC(C)=CCCC(C)(NC(=O)C(Cl)(Cl)Cl)[C@H]1CC=C(C)CC1. The highest BCUT2D eigenvalue weighted by Gasteiger charge is 2.40. The molecule has 1 aliphatic rings. The number of carbonyl (C=O) groups excluding carboxylic acids is 1. The zero-order valence-electron chi connectivity index (χ0n) is 13.8. The van der Waals surface area contributed by atoms with Crippen LogP contribution in [0.2, 0.25) is 0 Å². The minimum absolute atomic E-state index is 0.359. The van der Waals surface area contributed by atoms with Gasteiger partial charge in [-0.2, -0.15) is 0 Å². The molecule has 0 aromatic heterocycles. The molecule has 1 rings (SSSR count). The van der Waals surface area contributed by atoms with Gasteiger partial charge in [-0.25, -0.2) is 0 Å². The second kappa shape index (κ2) is 8.08. The Morgan fingerprint density at radius 3 is 2.50 bits per heavy atom. The first-order valence-electron chi connectivity index (χ1n) is 7.73. The first-order chi connectivity index (χ1) is 10.0. The van der Waals surface area contributed by atoms with Crippen molar-refractivity contribution in [3.05, 3.63) is 23.3 Å². The molecule has 0 radical (unpaired) electrons. The van der Waals surface area contributed by atoms with Gasteiger partial charge in [0.15, 0.2) is 0 Å². The van der Waals surface area contributed by atoms with E-state index < -0.39 is 9.70 Å². The number of rotatable bonds is 5. The normalized spacial score (nSPS) is 21.6. The van der Waals surface area contributed by atoms with Gasteiger partial charge in [-0.05, 0) is 65.7 Å².